The van der Waals surface area contributed by atoms with Crippen molar-refractivity contribution in [3.63, 3.8) is 0 Å². The predicted molar refractivity (Wildman–Crippen MR) is 107 cm³/mol. The van der Waals surface area contributed by atoms with Gasteiger partial charge in [-0.2, -0.15) is 0 Å². The molecule has 0 aromatic carbocycles. The Bertz CT molecular complexity index is 852. The predicted octanol–water partition coefficient (Wildman–Crippen LogP) is 0.271. The van der Waals surface area contributed by atoms with E-state index in [2.05, 4.69) is 29.1 Å². The molecule has 162 valence electrons. The summed E-state index contributed by atoms with van der Waals surface area (Å²) in [4.78, 5) is 60.9. The van der Waals surface area contributed by atoms with E-state index >= 15 is 0 Å². The van der Waals surface area contributed by atoms with E-state index in [1.807, 2.05) is 0 Å². The van der Waals surface area contributed by atoms with Gasteiger partial charge in [0.05, 0.1) is 5.57 Å². The zero-order valence-corrected chi connectivity index (χ0v) is 17.3. The van der Waals surface area contributed by atoms with Crippen LogP contribution in [0.15, 0.2) is 36.1 Å². The normalized spacial score (nSPS) is 21.0. The average Bonchev–Trinajstić information content (AvgIpc) is 2.81. The van der Waals surface area contributed by atoms with Gasteiger partial charge in [0.2, 0.25) is 11.8 Å². The van der Waals surface area contributed by atoms with Gasteiger partial charge in [-0.3, -0.25) is 29.4 Å². The Labute approximate surface area is 174 Å². The Morgan fingerprint density at radius 2 is 1.83 bits per heavy atom. The number of likely N-dealkylation sites (tertiary alicyclic amines) is 1. The Hall–Kier alpha value is -3.43. The number of piperidine rings is 1. The largest absolute Gasteiger partial charge is 0.444 e. The SMILES string of the molecule is C=C(/C=C1\C(=C)C(=O)N(C2CCC(=O)NC2=O)C1=O)NCCNC(=O)OC(C)(C)C. The second-order valence-corrected chi connectivity index (χ2v) is 7.86. The molecule has 0 aromatic rings. The van der Waals surface area contributed by atoms with Crippen LogP contribution in [0.1, 0.15) is 33.6 Å². The Balaban J connectivity index is 1.94. The van der Waals surface area contributed by atoms with Crippen molar-refractivity contribution in [3.8, 4) is 0 Å². The Morgan fingerprint density at radius 1 is 1.20 bits per heavy atom. The number of rotatable bonds is 6. The van der Waals surface area contributed by atoms with Gasteiger partial charge >= 0.3 is 6.09 Å². The van der Waals surface area contributed by atoms with E-state index in [0.717, 1.165) is 4.90 Å². The summed E-state index contributed by atoms with van der Waals surface area (Å²) in [7, 11) is 0. The van der Waals surface area contributed by atoms with E-state index in [9.17, 15) is 24.0 Å². The van der Waals surface area contributed by atoms with Gasteiger partial charge in [-0.05, 0) is 33.3 Å². The van der Waals surface area contributed by atoms with Crippen LogP contribution < -0.4 is 16.0 Å². The number of nitrogens with zero attached hydrogens (tertiary/aromatic N) is 1. The number of carbonyl (C=O) groups excluding carboxylic acids is 5. The highest BCUT2D eigenvalue weighted by Crippen LogP contribution is 2.28. The molecule has 2 aliphatic rings. The molecule has 2 rings (SSSR count). The van der Waals surface area contributed by atoms with Crippen LogP contribution in [0.2, 0.25) is 0 Å². The molecular weight excluding hydrogens is 392 g/mol. The molecule has 0 aromatic heterocycles. The standard InChI is InChI=1S/C20H26N4O6/c1-11(21-8-9-22-19(29)30-20(3,4)5)10-13-12(2)17(27)24(18(13)28)14-6-7-15(25)23-16(14)26/h10,14,21H,1-2,6-9H2,3-5H3,(H,22,29)(H,23,25,26)/b13-10+. The molecule has 1 atom stereocenters. The number of hydrogen-bond acceptors (Lipinski definition) is 7. The van der Waals surface area contributed by atoms with Crippen molar-refractivity contribution in [2.24, 2.45) is 0 Å². The van der Waals surface area contributed by atoms with Gasteiger partial charge < -0.3 is 15.4 Å². The Morgan fingerprint density at radius 3 is 2.43 bits per heavy atom. The first-order valence-electron chi connectivity index (χ1n) is 9.43. The van der Waals surface area contributed by atoms with Crippen molar-refractivity contribution in [1.82, 2.24) is 20.9 Å². The molecule has 10 heteroatoms. The van der Waals surface area contributed by atoms with Crippen LogP contribution in [0, 0.1) is 0 Å². The summed E-state index contributed by atoms with van der Waals surface area (Å²) in [6.45, 7) is 13.2. The van der Waals surface area contributed by atoms with Crippen LogP contribution in [0.3, 0.4) is 0 Å². The van der Waals surface area contributed by atoms with Crippen molar-refractivity contribution in [1.29, 1.82) is 0 Å². The van der Waals surface area contributed by atoms with Crippen molar-refractivity contribution >= 4 is 29.7 Å². The number of carbonyl (C=O) groups is 5. The summed E-state index contributed by atoms with van der Waals surface area (Å²) < 4.78 is 5.11. The zero-order valence-electron chi connectivity index (χ0n) is 17.3. The summed E-state index contributed by atoms with van der Waals surface area (Å²) in [5, 5.41) is 7.60. The minimum atomic E-state index is -1.05. The first-order chi connectivity index (χ1) is 13.9. The van der Waals surface area contributed by atoms with E-state index in [0.29, 0.717) is 12.2 Å². The zero-order chi connectivity index (χ0) is 22.6. The fraction of sp³-hybridized carbons (Fsp3) is 0.450. The van der Waals surface area contributed by atoms with Crippen LogP contribution >= 0.6 is 0 Å². The maximum Gasteiger partial charge on any atom is 0.407 e. The molecule has 10 nitrogen and oxygen atoms in total. The van der Waals surface area contributed by atoms with Crippen molar-refractivity contribution in [2.75, 3.05) is 13.1 Å². The fourth-order valence-electron chi connectivity index (χ4n) is 2.90. The van der Waals surface area contributed by atoms with E-state index in [4.69, 9.17) is 4.74 Å². The maximum absolute atomic E-state index is 12.7. The van der Waals surface area contributed by atoms with Crippen LogP contribution in [0.4, 0.5) is 4.79 Å². The molecule has 2 fully saturated rings. The molecule has 3 N–H and O–H groups in total. The number of allylic oxidation sites excluding steroid dienone is 1. The van der Waals surface area contributed by atoms with Gasteiger partial charge in [-0.15, -0.1) is 0 Å². The fourth-order valence-corrected chi connectivity index (χ4v) is 2.90. The third-order valence-electron chi connectivity index (χ3n) is 4.24. The average molecular weight is 418 g/mol. The second-order valence-electron chi connectivity index (χ2n) is 7.86. The molecule has 2 heterocycles. The van der Waals surface area contributed by atoms with Gasteiger partial charge in [-0.25, -0.2) is 4.79 Å². The summed E-state index contributed by atoms with van der Waals surface area (Å²) in [6, 6.07) is -1.05. The Kier molecular flexibility index (Phi) is 6.81. The van der Waals surface area contributed by atoms with Crippen molar-refractivity contribution in [3.05, 3.63) is 36.1 Å². The quantitative estimate of drug-likeness (QED) is 0.320. The lowest BCUT2D eigenvalue weighted by atomic mass is 10.0. The number of hydrogen-bond donors (Lipinski definition) is 3. The van der Waals surface area contributed by atoms with Gasteiger partial charge in [0, 0.05) is 30.8 Å². The molecule has 30 heavy (non-hydrogen) atoms. The third kappa shape index (κ3) is 5.56. The number of imide groups is 2. The molecule has 0 spiro atoms. The van der Waals surface area contributed by atoms with Gasteiger partial charge in [0.25, 0.3) is 11.8 Å². The molecule has 0 saturated carbocycles. The highest BCUT2D eigenvalue weighted by Gasteiger charge is 2.45. The lowest BCUT2D eigenvalue weighted by Gasteiger charge is -2.27. The second kappa shape index (κ2) is 8.93. The van der Waals surface area contributed by atoms with E-state index in [1.54, 1.807) is 20.8 Å². The number of alkyl carbamates (subject to hydrolysis) is 1. The van der Waals surface area contributed by atoms with Crippen molar-refractivity contribution in [2.45, 2.75) is 45.3 Å². The van der Waals surface area contributed by atoms with Gasteiger partial charge in [-0.1, -0.05) is 13.2 Å². The molecule has 0 aliphatic carbocycles. The van der Waals surface area contributed by atoms with E-state index < -0.39 is 41.4 Å². The van der Waals surface area contributed by atoms with Crippen LogP contribution in [-0.4, -0.2) is 59.4 Å². The first kappa shape index (κ1) is 22.9. The van der Waals surface area contributed by atoms with Gasteiger partial charge in [0.15, 0.2) is 0 Å². The topological polar surface area (TPSA) is 134 Å². The third-order valence-corrected chi connectivity index (χ3v) is 4.24. The number of amides is 5. The summed E-state index contributed by atoms with van der Waals surface area (Å²) in [5.74, 6) is -2.48. The smallest absolute Gasteiger partial charge is 0.407 e. The highest BCUT2D eigenvalue weighted by atomic mass is 16.6. The number of ether oxygens (including phenoxy) is 1. The monoisotopic (exact) mass is 418 g/mol. The molecule has 2 aliphatic heterocycles. The maximum atomic E-state index is 12.7. The van der Waals surface area contributed by atoms with E-state index in [1.165, 1.54) is 6.08 Å². The molecule has 0 radical (unpaired) electrons. The van der Waals surface area contributed by atoms with Crippen LogP contribution in [0.5, 0.6) is 0 Å². The summed E-state index contributed by atoms with van der Waals surface area (Å²) in [6.07, 6.45) is 0.913. The molecule has 2 saturated heterocycles. The van der Waals surface area contributed by atoms with Gasteiger partial charge in [0.1, 0.15) is 11.6 Å². The lowest BCUT2D eigenvalue weighted by molar-refractivity contribution is -0.149. The molecule has 1 unspecified atom stereocenters. The molecule has 0 bridgehead atoms. The molecule has 5 amide bonds. The minimum absolute atomic E-state index is 0.0160. The van der Waals surface area contributed by atoms with E-state index in [-0.39, 0.29) is 30.5 Å². The molecular formula is C20H26N4O6. The van der Waals surface area contributed by atoms with Crippen LogP contribution in [-0.2, 0) is 23.9 Å². The van der Waals surface area contributed by atoms with Crippen molar-refractivity contribution < 1.29 is 28.7 Å². The first-order valence-corrected chi connectivity index (χ1v) is 9.43. The highest BCUT2D eigenvalue weighted by molar-refractivity contribution is 6.26. The summed E-state index contributed by atoms with van der Waals surface area (Å²) >= 11 is 0. The minimum Gasteiger partial charge on any atom is -0.444 e. The number of nitrogens with one attached hydrogen (secondary N) is 3. The lowest BCUT2D eigenvalue weighted by Crippen LogP contribution is -2.54. The van der Waals surface area contributed by atoms with Crippen LogP contribution in [0.25, 0.3) is 0 Å². The summed E-state index contributed by atoms with van der Waals surface area (Å²) in [5.41, 5.74) is -0.319.